The number of azide groups is 1. The summed E-state index contributed by atoms with van der Waals surface area (Å²) in [7, 11) is 0. The van der Waals surface area contributed by atoms with Crippen LogP contribution >= 0.6 is 12.6 Å². The van der Waals surface area contributed by atoms with E-state index in [1.165, 1.54) is 22.3 Å². The largest absolute Gasteiger partial charge is 0.448 e. The van der Waals surface area contributed by atoms with E-state index < -0.39 is 0 Å². The van der Waals surface area contributed by atoms with Crippen molar-refractivity contribution in [2.75, 3.05) is 37.7 Å². The Kier molecular flexibility index (Phi) is 6.57. The van der Waals surface area contributed by atoms with Crippen LogP contribution in [0.4, 0.5) is 10.5 Å². The van der Waals surface area contributed by atoms with Crippen LogP contribution in [0.3, 0.4) is 0 Å². The quantitative estimate of drug-likeness (QED) is 0.203. The van der Waals surface area contributed by atoms with Crippen molar-refractivity contribution in [1.82, 2.24) is 4.90 Å². The molecule has 178 valence electrons. The van der Waals surface area contributed by atoms with Crippen molar-refractivity contribution in [3.63, 3.8) is 0 Å². The molecule has 1 aliphatic heterocycles. The van der Waals surface area contributed by atoms with Gasteiger partial charge < -0.3 is 14.5 Å². The maximum atomic E-state index is 12.9. The zero-order valence-electron chi connectivity index (χ0n) is 19.6. The molecule has 1 aliphatic carbocycles. The monoisotopic (exact) mass is 485 g/mol. The minimum atomic E-state index is -0.268. The lowest BCUT2D eigenvalue weighted by Gasteiger charge is -2.36. The number of fused-ring (bicyclic) bond motifs is 3. The average Bonchev–Trinajstić information content (AvgIpc) is 3.21. The van der Waals surface area contributed by atoms with Crippen molar-refractivity contribution < 1.29 is 9.53 Å². The molecule has 7 nitrogen and oxygen atoms in total. The molecule has 8 heteroatoms. The molecule has 35 heavy (non-hydrogen) atoms. The number of ether oxygens (including phenoxy) is 1. The molecule has 3 aromatic rings. The molecule has 0 spiro atoms. The summed E-state index contributed by atoms with van der Waals surface area (Å²) in [5.74, 6) is 0.0582. The summed E-state index contributed by atoms with van der Waals surface area (Å²) in [5.41, 5.74) is 16.6. The summed E-state index contributed by atoms with van der Waals surface area (Å²) in [4.78, 5) is 20.7. The molecule has 1 saturated heterocycles. The molecular weight excluding hydrogens is 458 g/mol. The number of anilines is 1. The molecule has 0 bridgehead atoms. The SMILES string of the molecule is Cc1c(CN=[N+]=[N-])cc(S)cc1N1CCN(C(=O)OCC2c3ccccc3-c3ccccc32)CC1. The molecule has 0 radical (unpaired) electrons. The van der Waals surface area contributed by atoms with Gasteiger partial charge in [-0.3, -0.25) is 0 Å². The highest BCUT2D eigenvalue weighted by atomic mass is 32.1. The van der Waals surface area contributed by atoms with Gasteiger partial charge in [0.15, 0.2) is 0 Å². The number of piperazine rings is 1. The second kappa shape index (κ2) is 9.94. The van der Waals surface area contributed by atoms with Gasteiger partial charge in [-0.2, -0.15) is 0 Å². The normalized spacial score (nSPS) is 14.8. The van der Waals surface area contributed by atoms with E-state index in [1.807, 2.05) is 43.3 Å². The summed E-state index contributed by atoms with van der Waals surface area (Å²) >= 11 is 4.53. The van der Waals surface area contributed by atoms with Crippen LogP contribution in [0, 0.1) is 6.92 Å². The molecule has 1 heterocycles. The van der Waals surface area contributed by atoms with Gasteiger partial charge in [0.1, 0.15) is 6.61 Å². The molecule has 1 amide bonds. The molecule has 0 aromatic heterocycles. The number of hydrogen-bond acceptors (Lipinski definition) is 5. The third-order valence-corrected chi connectivity index (χ3v) is 7.25. The number of carbonyl (C=O) groups excluding carboxylic acids is 1. The van der Waals surface area contributed by atoms with Crippen molar-refractivity contribution in [3.05, 3.63) is 93.4 Å². The number of nitrogens with zero attached hydrogens (tertiary/aromatic N) is 5. The number of carbonyl (C=O) groups is 1. The molecule has 0 saturated carbocycles. The van der Waals surface area contributed by atoms with E-state index in [4.69, 9.17) is 10.3 Å². The van der Waals surface area contributed by atoms with Crippen LogP contribution in [0.15, 0.2) is 70.7 Å². The second-order valence-corrected chi connectivity index (χ2v) is 9.43. The van der Waals surface area contributed by atoms with E-state index in [9.17, 15) is 4.79 Å². The van der Waals surface area contributed by atoms with Gasteiger partial charge in [0.2, 0.25) is 0 Å². The van der Waals surface area contributed by atoms with Crippen LogP contribution in [0.5, 0.6) is 0 Å². The summed E-state index contributed by atoms with van der Waals surface area (Å²) in [5, 5.41) is 3.71. The topological polar surface area (TPSA) is 81.5 Å². The van der Waals surface area contributed by atoms with Gasteiger partial charge in [-0.25, -0.2) is 4.79 Å². The molecule has 1 fully saturated rings. The highest BCUT2D eigenvalue weighted by Crippen LogP contribution is 2.44. The summed E-state index contributed by atoms with van der Waals surface area (Å²) in [6.45, 7) is 5.21. The summed E-state index contributed by atoms with van der Waals surface area (Å²) in [6, 6.07) is 20.7. The second-order valence-electron chi connectivity index (χ2n) is 8.92. The van der Waals surface area contributed by atoms with E-state index in [0.717, 1.165) is 21.7 Å². The van der Waals surface area contributed by atoms with Gasteiger partial charge in [0.05, 0.1) is 6.54 Å². The number of hydrogen-bond donors (Lipinski definition) is 1. The van der Waals surface area contributed by atoms with Gasteiger partial charge in [0.25, 0.3) is 0 Å². The highest BCUT2D eigenvalue weighted by Gasteiger charge is 2.30. The molecule has 2 aliphatic rings. The van der Waals surface area contributed by atoms with Gasteiger partial charge in [-0.1, -0.05) is 53.6 Å². The number of thiol groups is 1. The first kappa shape index (κ1) is 23.1. The van der Waals surface area contributed by atoms with E-state index in [2.05, 4.69) is 51.8 Å². The lowest BCUT2D eigenvalue weighted by Crippen LogP contribution is -2.49. The fourth-order valence-electron chi connectivity index (χ4n) is 5.16. The van der Waals surface area contributed by atoms with Gasteiger partial charge in [-0.05, 0) is 58.0 Å². The lowest BCUT2D eigenvalue weighted by molar-refractivity contribution is 0.0977. The number of benzene rings is 3. The fraction of sp³-hybridized carbons (Fsp3) is 0.296. The Morgan fingerprint density at radius 3 is 2.31 bits per heavy atom. The number of rotatable bonds is 5. The third-order valence-electron chi connectivity index (χ3n) is 6.99. The van der Waals surface area contributed by atoms with Crippen molar-refractivity contribution in [3.8, 4) is 11.1 Å². The lowest BCUT2D eigenvalue weighted by atomic mass is 9.98. The van der Waals surface area contributed by atoms with Crippen LogP contribution in [0.2, 0.25) is 0 Å². The van der Waals surface area contributed by atoms with Crippen molar-refractivity contribution >= 4 is 24.4 Å². The van der Waals surface area contributed by atoms with Crippen LogP contribution in [0.25, 0.3) is 21.6 Å². The van der Waals surface area contributed by atoms with Crippen molar-refractivity contribution in [2.24, 2.45) is 5.11 Å². The first-order chi connectivity index (χ1) is 17.1. The minimum Gasteiger partial charge on any atom is -0.448 e. The van der Waals surface area contributed by atoms with Crippen molar-refractivity contribution in [1.29, 1.82) is 0 Å². The molecule has 3 aromatic carbocycles. The fourth-order valence-corrected chi connectivity index (χ4v) is 5.44. The Hall–Kier alpha value is -3.61. The summed E-state index contributed by atoms with van der Waals surface area (Å²) in [6.07, 6.45) is -0.268. The Bertz CT molecular complexity index is 1270. The van der Waals surface area contributed by atoms with Crippen LogP contribution < -0.4 is 4.90 Å². The first-order valence-electron chi connectivity index (χ1n) is 11.7. The number of amides is 1. The maximum absolute atomic E-state index is 12.9. The van der Waals surface area contributed by atoms with E-state index in [-0.39, 0.29) is 12.0 Å². The standard InChI is InChI=1S/C27H27N5O2S/c1-18-19(16-29-30-28)14-20(35)15-26(18)31-10-12-32(13-11-31)27(33)34-17-25-23-8-4-2-6-21(23)22-7-3-5-9-24(22)25/h2-9,14-15,25,35H,10-13,16-17H2,1H3. The molecule has 5 rings (SSSR count). The van der Waals surface area contributed by atoms with E-state index in [0.29, 0.717) is 39.3 Å². The zero-order valence-corrected chi connectivity index (χ0v) is 20.5. The minimum absolute atomic E-state index is 0.0582. The summed E-state index contributed by atoms with van der Waals surface area (Å²) < 4.78 is 5.84. The Labute approximate surface area is 210 Å². The average molecular weight is 486 g/mol. The zero-order chi connectivity index (χ0) is 24.4. The highest BCUT2D eigenvalue weighted by molar-refractivity contribution is 7.80. The van der Waals surface area contributed by atoms with E-state index in [1.54, 1.807) is 4.90 Å². The molecule has 0 atom stereocenters. The van der Waals surface area contributed by atoms with E-state index >= 15 is 0 Å². The van der Waals surface area contributed by atoms with Gasteiger partial charge in [-0.15, -0.1) is 12.6 Å². The molecule has 0 unspecified atom stereocenters. The van der Waals surface area contributed by atoms with Crippen LogP contribution in [0.1, 0.15) is 28.2 Å². The third kappa shape index (κ3) is 4.55. The smallest absolute Gasteiger partial charge is 0.409 e. The maximum Gasteiger partial charge on any atom is 0.409 e. The molecular formula is C27H27N5O2S. The first-order valence-corrected chi connectivity index (χ1v) is 12.2. The van der Waals surface area contributed by atoms with Crippen molar-refractivity contribution in [2.45, 2.75) is 24.3 Å². The Morgan fingerprint density at radius 1 is 1.06 bits per heavy atom. The van der Waals surface area contributed by atoms with Gasteiger partial charge in [0, 0.05) is 47.6 Å². The predicted octanol–water partition coefficient (Wildman–Crippen LogP) is 6.17. The Morgan fingerprint density at radius 2 is 1.69 bits per heavy atom. The Balaban J connectivity index is 1.23. The van der Waals surface area contributed by atoms with Gasteiger partial charge >= 0.3 is 6.09 Å². The molecule has 0 N–H and O–H groups in total. The van der Waals surface area contributed by atoms with Crippen LogP contribution in [-0.2, 0) is 11.3 Å². The predicted molar refractivity (Wildman–Crippen MR) is 140 cm³/mol. The van der Waals surface area contributed by atoms with Crippen LogP contribution in [-0.4, -0.2) is 43.8 Å².